The van der Waals surface area contributed by atoms with Gasteiger partial charge in [-0.25, -0.2) is 4.79 Å². The molecule has 6 nitrogen and oxygen atoms in total. The molecule has 6 heteroatoms. The monoisotopic (exact) mass is 460 g/mol. The van der Waals surface area contributed by atoms with Gasteiger partial charge in [0.25, 0.3) is 0 Å². The molecule has 2 atom stereocenters. The maximum absolute atomic E-state index is 13.0. The molecule has 0 saturated carbocycles. The molecule has 2 saturated heterocycles. The first-order valence-corrected chi connectivity index (χ1v) is 12.5. The van der Waals surface area contributed by atoms with E-state index in [4.69, 9.17) is 13.9 Å². The average Bonchev–Trinajstić information content (AvgIpc) is 2.89. The molecule has 0 spiro atoms. The molecule has 0 N–H and O–H groups in total. The predicted octanol–water partition coefficient (Wildman–Crippen LogP) is 4.89. The molecule has 1 aromatic heterocycles. The van der Waals surface area contributed by atoms with Crippen molar-refractivity contribution in [3.8, 4) is 22.6 Å². The number of hydrogen-bond donors (Lipinski definition) is 0. The predicted molar refractivity (Wildman–Crippen MR) is 132 cm³/mol. The maximum atomic E-state index is 13.0. The van der Waals surface area contributed by atoms with Crippen LogP contribution in [0.25, 0.3) is 22.1 Å². The summed E-state index contributed by atoms with van der Waals surface area (Å²) in [4.78, 5) is 18.1. The smallest absolute Gasteiger partial charge is 0.344 e. The lowest BCUT2D eigenvalue weighted by Crippen LogP contribution is -2.51. The molecule has 4 heterocycles. The van der Waals surface area contributed by atoms with Gasteiger partial charge in [-0.1, -0.05) is 18.6 Å². The normalized spacial score (nSPS) is 23.2. The van der Waals surface area contributed by atoms with Crippen molar-refractivity contribution in [2.24, 2.45) is 5.92 Å². The van der Waals surface area contributed by atoms with Crippen LogP contribution in [0.15, 0.2) is 51.7 Å². The van der Waals surface area contributed by atoms with E-state index in [1.807, 2.05) is 42.5 Å². The SMILES string of the molecule is COc1ccc(-c2cc3ccc4c(c3oc2=O)CN(CC2CCCN3CCCCC23)CO4)cc1. The van der Waals surface area contributed by atoms with Crippen molar-refractivity contribution in [1.82, 2.24) is 9.80 Å². The third-order valence-electron chi connectivity index (χ3n) is 7.87. The molecule has 0 aliphatic carbocycles. The lowest BCUT2D eigenvalue weighted by atomic mass is 9.83. The van der Waals surface area contributed by atoms with Crippen LogP contribution < -0.4 is 15.1 Å². The first kappa shape index (κ1) is 21.7. The van der Waals surface area contributed by atoms with Gasteiger partial charge in [0, 0.05) is 24.5 Å². The summed E-state index contributed by atoms with van der Waals surface area (Å²) in [5.41, 5.74) is 2.68. The summed E-state index contributed by atoms with van der Waals surface area (Å²) in [6, 6.07) is 14.1. The van der Waals surface area contributed by atoms with E-state index >= 15 is 0 Å². The van der Waals surface area contributed by atoms with Crippen LogP contribution in [0.2, 0.25) is 0 Å². The van der Waals surface area contributed by atoms with Crippen molar-refractivity contribution in [3.63, 3.8) is 0 Å². The van der Waals surface area contributed by atoms with Crippen molar-refractivity contribution in [2.45, 2.75) is 44.7 Å². The number of ether oxygens (including phenoxy) is 2. The van der Waals surface area contributed by atoms with Crippen LogP contribution in [0.3, 0.4) is 0 Å². The molecule has 34 heavy (non-hydrogen) atoms. The highest BCUT2D eigenvalue weighted by Crippen LogP contribution is 2.36. The first-order chi connectivity index (χ1) is 16.7. The van der Waals surface area contributed by atoms with Crippen molar-refractivity contribution >= 4 is 11.0 Å². The summed E-state index contributed by atoms with van der Waals surface area (Å²) in [7, 11) is 1.63. The van der Waals surface area contributed by atoms with E-state index in [1.54, 1.807) is 7.11 Å². The Morgan fingerprint density at radius 1 is 1.03 bits per heavy atom. The number of rotatable bonds is 4. The van der Waals surface area contributed by atoms with Crippen molar-refractivity contribution in [1.29, 1.82) is 0 Å². The maximum Gasteiger partial charge on any atom is 0.344 e. The Bertz CT molecular complexity index is 1230. The second kappa shape index (κ2) is 9.08. The van der Waals surface area contributed by atoms with Gasteiger partial charge < -0.3 is 18.8 Å². The number of benzene rings is 2. The first-order valence-electron chi connectivity index (χ1n) is 12.5. The van der Waals surface area contributed by atoms with Crippen LogP contribution in [0, 0.1) is 5.92 Å². The molecule has 2 aromatic carbocycles. The fourth-order valence-electron chi connectivity index (χ4n) is 6.15. The van der Waals surface area contributed by atoms with Crippen LogP contribution in [0.1, 0.15) is 37.7 Å². The second-order valence-corrected chi connectivity index (χ2v) is 9.92. The highest BCUT2D eigenvalue weighted by atomic mass is 16.5. The summed E-state index contributed by atoms with van der Waals surface area (Å²) < 4.78 is 17.3. The quantitative estimate of drug-likeness (QED) is 0.517. The summed E-state index contributed by atoms with van der Waals surface area (Å²) in [6.07, 6.45) is 6.59. The molecule has 2 unspecified atom stereocenters. The summed E-state index contributed by atoms with van der Waals surface area (Å²) in [5, 5.41) is 0.922. The minimum atomic E-state index is -0.326. The number of methoxy groups -OCH3 is 1. The van der Waals surface area contributed by atoms with Crippen molar-refractivity contribution in [3.05, 3.63) is 58.4 Å². The third kappa shape index (κ3) is 3.99. The molecular weight excluding hydrogens is 428 g/mol. The van der Waals surface area contributed by atoms with E-state index in [9.17, 15) is 4.79 Å². The molecule has 0 amide bonds. The highest BCUT2D eigenvalue weighted by molar-refractivity contribution is 5.86. The van der Waals surface area contributed by atoms with E-state index in [0.717, 1.165) is 41.1 Å². The Labute approximate surface area is 200 Å². The standard InChI is InChI=1S/C28H32N2O4/c1-32-22-10-7-19(8-11-22)23-15-20-9-12-26-24(27(20)34-28(23)31)17-29(18-33-26)16-21-5-4-14-30-13-3-2-6-25(21)30/h7-12,15,21,25H,2-6,13-14,16-18H2,1H3. The van der Waals surface area contributed by atoms with Gasteiger partial charge in [0.15, 0.2) is 0 Å². The van der Waals surface area contributed by atoms with Gasteiger partial charge in [-0.3, -0.25) is 4.90 Å². The van der Waals surface area contributed by atoms with Gasteiger partial charge in [0.2, 0.25) is 0 Å². The Morgan fingerprint density at radius 2 is 1.88 bits per heavy atom. The van der Waals surface area contributed by atoms with Crippen LogP contribution in [0.4, 0.5) is 0 Å². The molecule has 178 valence electrons. The number of piperidine rings is 2. The van der Waals surface area contributed by atoms with E-state index in [0.29, 0.717) is 29.8 Å². The van der Waals surface area contributed by atoms with Crippen LogP contribution in [0.5, 0.6) is 11.5 Å². The Balaban J connectivity index is 1.27. The Morgan fingerprint density at radius 3 is 2.74 bits per heavy atom. The van der Waals surface area contributed by atoms with Crippen LogP contribution in [-0.4, -0.2) is 49.3 Å². The summed E-state index contributed by atoms with van der Waals surface area (Å²) in [6.45, 7) is 4.89. The Hall–Kier alpha value is -2.83. The average molecular weight is 461 g/mol. The molecular formula is C28H32N2O4. The molecule has 3 aromatic rings. The van der Waals surface area contributed by atoms with Gasteiger partial charge in [-0.05, 0) is 80.6 Å². The van der Waals surface area contributed by atoms with E-state index < -0.39 is 0 Å². The number of nitrogens with zero attached hydrogens (tertiary/aromatic N) is 2. The summed E-state index contributed by atoms with van der Waals surface area (Å²) in [5.74, 6) is 2.27. The van der Waals surface area contributed by atoms with Crippen LogP contribution >= 0.6 is 0 Å². The molecule has 0 radical (unpaired) electrons. The molecule has 3 aliphatic heterocycles. The lowest BCUT2D eigenvalue weighted by molar-refractivity contribution is 0.0146. The topological polar surface area (TPSA) is 55.2 Å². The molecule has 2 fully saturated rings. The third-order valence-corrected chi connectivity index (χ3v) is 7.87. The summed E-state index contributed by atoms with van der Waals surface area (Å²) >= 11 is 0. The fourth-order valence-corrected chi connectivity index (χ4v) is 6.15. The Kier molecular flexibility index (Phi) is 5.79. The zero-order valence-electron chi connectivity index (χ0n) is 19.8. The fraction of sp³-hybridized carbons (Fsp3) is 0.464. The largest absolute Gasteiger partial charge is 0.497 e. The molecule has 3 aliphatic rings. The number of fused-ring (bicyclic) bond motifs is 4. The minimum Gasteiger partial charge on any atom is -0.497 e. The van der Waals surface area contributed by atoms with E-state index in [-0.39, 0.29) is 5.63 Å². The van der Waals surface area contributed by atoms with Gasteiger partial charge in [-0.2, -0.15) is 0 Å². The second-order valence-electron chi connectivity index (χ2n) is 9.92. The number of hydrogen-bond acceptors (Lipinski definition) is 6. The van der Waals surface area contributed by atoms with Gasteiger partial charge in [0.05, 0.1) is 18.2 Å². The zero-order valence-corrected chi connectivity index (χ0v) is 19.8. The van der Waals surface area contributed by atoms with E-state index in [1.165, 1.54) is 45.2 Å². The van der Waals surface area contributed by atoms with E-state index in [2.05, 4.69) is 9.80 Å². The highest BCUT2D eigenvalue weighted by Gasteiger charge is 2.35. The molecule has 0 bridgehead atoms. The van der Waals surface area contributed by atoms with Crippen molar-refractivity contribution < 1.29 is 13.9 Å². The van der Waals surface area contributed by atoms with Gasteiger partial charge in [0.1, 0.15) is 23.8 Å². The van der Waals surface area contributed by atoms with Gasteiger partial charge in [-0.15, -0.1) is 0 Å². The van der Waals surface area contributed by atoms with Gasteiger partial charge >= 0.3 is 5.63 Å². The van der Waals surface area contributed by atoms with Crippen molar-refractivity contribution in [2.75, 3.05) is 33.5 Å². The lowest BCUT2D eigenvalue weighted by Gasteiger charge is -2.46. The molecule has 6 rings (SSSR count). The van der Waals surface area contributed by atoms with Crippen LogP contribution in [-0.2, 0) is 6.54 Å². The minimum absolute atomic E-state index is 0.326. The zero-order chi connectivity index (χ0) is 23.1.